The van der Waals surface area contributed by atoms with Gasteiger partial charge < -0.3 is 10.2 Å². The van der Waals surface area contributed by atoms with Gasteiger partial charge in [0.25, 0.3) is 5.91 Å². The van der Waals surface area contributed by atoms with E-state index in [1.807, 2.05) is 10.8 Å². The highest BCUT2D eigenvalue weighted by atomic mass is 32.1. The molecule has 6 heteroatoms. The maximum atomic E-state index is 12.1. The molecular formula is C13H14N4OS. The van der Waals surface area contributed by atoms with Gasteiger partial charge in [-0.1, -0.05) is 0 Å². The molecule has 1 N–H and O–H groups in total. The Kier molecular flexibility index (Phi) is 3.41. The van der Waals surface area contributed by atoms with E-state index in [9.17, 15) is 4.79 Å². The van der Waals surface area contributed by atoms with Gasteiger partial charge in [0.05, 0.1) is 11.8 Å². The Balaban J connectivity index is 1.82. The fraction of sp³-hybridized carbons (Fsp3) is 0.308. The fourth-order valence-corrected chi connectivity index (χ4v) is 2.82. The van der Waals surface area contributed by atoms with E-state index < -0.39 is 0 Å². The molecule has 3 heterocycles. The molecule has 1 aliphatic rings. The predicted molar refractivity (Wildman–Crippen MR) is 75.8 cm³/mol. The maximum absolute atomic E-state index is 12.1. The molecule has 1 saturated heterocycles. The quantitative estimate of drug-likeness (QED) is 0.933. The van der Waals surface area contributed by atoms with Crippen molar-refractivity contribution in [1.82, 2.24) is 9.97 Å². The number of carbonyl (C=O) groups is 1. The van der Waals surface area contributed by atoms with Crippen molar-refractivity contribution in [2.75, 3.05) is 23.3 Å². The zero-order valence-electron chi connectivity index (χ0n) is 10.4. The van der Waals surface area contributed by atoms with Crippen molar-refractivity contribution < 1.29 is 4.79 Å². The Morgan fingerprint density at radius 1 is 1.37 bits per heavy atom. The van der Waals surface area contributed by atoms with Crippen LogP contribution in [0.5, 0.6) is 0 Å². The molecular weight excluding hydrogens is 260 g/mol. The largest absolute Gasteiger partial charge is 0.355 e. The van der Waals surface area contributed by atoms with Gasteiger partial charge in [0.2, 0.25) is 0 Å². The average Bonchev–Trinajstić information content (AvgIpc) is 3.13. The van der Waals surface area contributed by atoms with Gasteiger partial charge in [-0.05, 0) is 24.3 Å². The molecule has 0 spiro atoms. The highest BCUT2D eigenvalue weighted by Crippen LogP contribution is 2.25. The zero-order valence-corrected chi connectivity index (χ0v) is 11.2. The third kappa shape index (κ3) is 2.58. The molecule has 98 valence electrons. The van der Waals surface area contributed by atoms with Crippen LogP contribution in [0.4, 0.5) is 11.5 Å². The monoisotopic (exact) mass is 274 g/mol. The summed E-state index contributed by atoms with van der Waals surface area (Å²) in [6.45, 7) is 1.97. The SMILES string of the molecule is O=C(Nc1cncnc1N1CCCC1)c1ccsc1. The van der Waals surface area contributed by atoms with E-state index in [4.69, 9.17) is 0 Å². The van der Waals surface area contributed by atoms with Crippen molar-refractivity contribution in [3.05, 3.63) is 34.9 Å². The molecule has 2 aromatic heterocycles. The first-order valence-corrected chi connectivity index (χ1v) is 7.17. The van der Waals surface area contributed by atoms with E-state index in [1.54, 1.807) is 12.3 Å². The summed E-state index contributed by atoms with van der Waals surface area (Å²) in [6.07, 6.45) is 5.52. The topological polar surface area (TPSA) is 58.1 Å². The number of carbonyl (C=O) groups excluding carboxylic acids is 1. The van der Waals surface area contributed by atoms with E-state index in [2.05, 4.69) is 20.2 Å². The summed E-state index contributed by atoms with van der Waals surface area (Å²) in [5.41, 5.74) is 1.35. The van der Waals surface area contributed by atoms with Gasteiger partial charge in [-0.15, -0.1) is 0 Å². The van der Waals surface area contributed by atoms with E-state index in [-0.39, 0.29) is 5.91 Å². The summed E-state index contributed by atoms with van der Waals surface area (Å²) in [5.74, 6) is 0.701. The van der Waals surface area contributed by atoms with Gasteiger partial charge >= 0.3 is 0 Å². The van der Waals surface area contributed by atoms with Crippen LogP contribution in [-0.4, -0.2) is 29.0 Å². The molecule has 0 radical (unpaired) electrons. The Labute approximate surface area is 115 Å². The van der Waals surface area contributed by atoms with Crippen LogP contribution in [-0.2, 0) is 0 Å². The van der Waals surface area contributed by atoms with Crippen molar-refractivity contribution in [3.63, 3.8) is 0 Å². The van der Waals surface area contributed by atoms with Gasteiger partial charge in [0.1, 0.15) is 12.0 Å². The second kappa shape index (κ2) is 5.36. The number of rotatable bonds is 3. The highest BCUT2D eigenvalue weighted by molar-refractivity contribution is 7.08. The number of nitrogens with one attached hydrogen (secondary N) is 1. The van der Waals surface area contributed by atoms with Crippen LogP contribution < -0.4 is 10.2 Å². The number of anilines is 2. The molecule has 0 atom stereocenters. The van der Waals surface area contributed by atoms with Gasteiger partial charge in [-0.2, -0.15) is 11.3 Å². The number of hydrogen-bond donors (Lipinski definition) is 1. The smallest absolute Gasteiger partial charge is 0.256 e. The lowest BCUT2D eigenvalue weighted by atomic mass is 10.3. The Bertz CT molecular complexity index is 564. The lowest BCUT2D eigenvalue weighted by Crippen LogP contribution is -2.22. The van der Waals surface area contributed by atoms with Crippen LogP contribution in [0.15, 0.2) is 29.4 Å². The predicted octanol–water partition coefficient (Wildman–Crippen LogP) is 2.39. The van der Waals surface area contributed by atoms with E-state index in [0.29, 0.717) is 11.3 Å². The Morgan fingerprint density at radius 3 is 2.95 bits per heavy atom. The van der Waals surface area contributed by atoms with Crippen molar-refractivity contribution in [1.29, 1.82) is 0 Å². The van der Waals surface area contributed by atoms with Crippen molar-refractivity contribution in [2.45, 2.75) is 12.8 Å². The van der Waals surface area contributed by atoms with E-state index >= 15 is 0 Å². The first-order valence-electron chi connectivity index (χ1n) is 6.23. The van der Waals surface area contributed by atoms with Crippen molar-refractivity contribution >= 4 is 28.7 Å². The third-order valence-corrected chi connectivity index (χ3v) is 3.81. The Hall–Kier alpha value is -1.95. The first-order chi connectivity index (χ1) is 9.34. The third-order valence-electron chi connectivity index (χ3n) is 3.13. The van der Waals surface area contributed by atoms with Crippen molar-refractivity contribution in [2.24, 2.45) is 0 Å². The Morgan fingerprint density at radius 2 is 2.21 bits per heavy atom. The standard InChI is InChI=1S/C13H14N4OS/c18-13(10-3-6-19-8-10)16-11-7-14-9-15-12(11)17-4-1-2-5-17/h3,6-9H,1-2,4-5H2,(H,16,18). The second-order valence-electron chi connectivity index (χ2n) is 4.42. The molecule has 1 aliphatic heterocycles. The zero-order chi connectivity index (χ0) is 13.1. The molecule has 2 aromatic rings. The maximum Gasteiger partial charge on any atom is 0.256 e. The molecule has 3 rings (SSSR count). The van der Waals surface area contributed by atoms with Crippen LogP contribution >= 0.6 is 11.3 Å². The highest BCUT2D eigenvalue weighted by Gasteiger charge is 2.18. The summed E-state index contributed by atoms with van der Waals surface area (Å²) in [5, 5.41) is 6.61. The number of thiophene rings is 1. The minimum absolute atomic E-state index is 0.114. The number of amides is 1. The number of aromatic nitrogens is 2. The normalized spacial score (nSPS) is 14.6. The number of hydrogen-bond acceptors (Lipinski definition) is 5. The minimum atomic E-state index is -0.114. The summed E-state index contributed by atoms with van der Waals surface area (Å²) in [7, 11) is 0. The molecule has 0 aliphatic carbocycles. The molecule has 1 fully saturated rings. The molecule has 0 aromatic carbocycles. The lowest BCUT2D eigenvalue weighted by Gasteiger charge is -2.19. The van der Waals surface area contributed by atoms with Crippen LogP contribution in [0.3, 0.4) is 0 Å². The van der Waals surface area contributed by atoms with E-state index in [1.165, 1.54) is 30.5 Å². The molecule has 19 heavy (non-hydrogen) atoms. The summed E-state index contributed by atoms with van der Waals surface area (Å²) < 4.78 is 0. The second-order valence-corrected chi connectivity index (χ2v) is 5.20. The van der Waals surface area contributed by atoms with Gasteiger partial charge in [-0.3, -0.25) is 4.79 Å². The molecule has 1 amide bonds. The minimum Gasteiger partial charge on any atom is -0.355 e. The summed E-state index contributed by atoms with van der Waals surface area (Å²) in [6, 6.07) is 1.80. The fourth-order valence-electron chi connectivity index (χ4n) is 2.18. The molecule has 0 unspecified atom stereocenters. The van der Waals surface area contributed by atoms with Gasteiger partial charge in [-0.25, -0.2) is 9.97 Å². The van der Waals surface area contributed by atoms with Gasteiger partial charge in [0.15, 0.2) is 5.82 Å². The van der Waals surface area contributed by atoms with Crippen LogP contribution in [0.25, 0.3) is 0 Å². The summed E-state index contributed by atoms with van der Waals surface area (Å²) >= 11 is 1.51. The first kappa shape index (κ1) is 12.1. The molecule has 0 bridgehead atoms. The van der Waals surface area contributed by atoms with Crippen molar-refractivity contribution in [3.8, 4) is 0 Å². The molecule has 5 nitrogen and oxygen atoms in total. The van der Waals surface area contributed by atoms with Crippen LogP contribution in [0.1, 0.15) is 23.2 Å². The van der Waals surface area contributed by atoms with Gasteiger partial charge in [0, 0.05) is 18.5 Å². The number of nitrogens with zero attached hydrogens (tertiary/aromatic N) is 3. The van der Waals surface area contributed by atoms with Crippen LogP contribution in [0.2, 0.25) is 0 Å². The lowest BCUT2D eigenvalue weighted by molar-refractivity contribution is 0.102. The van der Waals surface area contributed by atoms with Crippen LogP contribution in [0, 0.1) is 0 Å². The average molecular weight is 274 g/mol. The van der Waals surface area contributed by atoms with E-state index in [0.717, 1.165) is 18.9 Å². The molecule has 0 saturated carbocycles. The summed E-state index contributed by atoms with van der Waals surface area (Å²) in [4.78, 5) is 22.5.